The van der Waals surface area contributed by atoms with Crippen molar-refractivity contribution in [2.75, 3.05) is 28.5 Å². The van der Waals surface area contributed by atoms with Crippen LogP contribution in [-0.2, 0) is 10.0 Å². The molecule has 0 saturated carbocycles. The van der Waals surface area contributed by atoms with E-state index in [0.717, 1.165) is 6.42 Å². The molecule has 0 spiro atoms. The van der Waals surface area contributed by atoms with Crippen LogP contribution in [0.25, 0.3) is 0 Å². The Balaban J connectivity index is 2.07. The molecule has 8 heteroatoms. The molecule has 0 radical (unpaired) electrons. The molecule has 2 N–H and O–H groups in total. The van der Waals surface area contributed by atoms with Crippen molar-refractivity contribution in [3.8, 4) is 0 Å². The standard InChI is InChI=1S/C15H22ClN3O3S/c1-11(2)6-7-17-15(20)18-14-10-12(4-5-13(14)16)19-8-3-9-23(19,21)22/h4-5,10-11H,3,6-9H2,1-2H3,(H2,17,18,20). The largest absolute Gasteiger partial charge is 0.338 e. The third kappa shape index (κ3) is 4.75. The molecule has 1 aromatic carbocycles. The van der Waals surface area contributed by atoms with E-state index in [9.17, 15) is 13.2 Å². The first kappa shape index (κ1) is 17.9. The minimum Gasteiger partial charge on any atom is -0.338 e. The van der Waals surface area contributed by atoms with Gasteiger partial charge in [-0.3, -0.25) is 4.31 Å². The van der Waals surface area contributed by atoms with Crippen molar-refractivity contribution < 1.29 is 13.2 Å². The third-order valence-electron chi connectivity index (χ3n) is 3.59. The van der Waals surface area contributed by atoms with Crippen molar-refractivity contribution >= 4 is 39.0 Å². The van der Waals surface area contributed by atoms with E-state index >= 15 is 0 Å². The Labute approximate surface area is 142 Å². The summed E-state index contributed by atoms with van der Waals surface area (Å²) >= 11 is 6.09. The van der Waals surface area contributed by atoms with E-state index in [1.807, 2.05) is 0 Å². The minimum absolute atomic E-state index is 0.147. The second-order valence-corrected chi connectivity index (χ2v) is 8.39. The van der Waals surface area contributed by atoms with Crippen molar-refractivity contribution in [2.45, 2.75) is 26.7 Å². The fraction of sp³-hybridized carbons (Fsp3) is 0.533. The number of sulfonamides is 1. The Bertz CT molecular complexity index is 677. The van der Waals surface area contributed by atoms with Crippen LogP contribution in [-0.4, -0.2) is 33.3 Å². The van der Waals surface area contributed by atoms with Crippen LogP contribution in [0.3, 0.4) is 0 Å². The number of hydrogen-bond donors (Lipinski definition) is 2. The Morgan fingerprint density at radius 2 is 2.13 bits per heavy atom. The molecule has 1 heterocycles. The number of nitrogens with one attached hydrogen (secondary N) is 2. The molecule has 0 bridgehead atoms. The van der Waals surface area contributed by atoms with Gasteiger partial charge in [0.2, 0.25) is 10.0 Å². The highest BCUT2D eigenvalue weighted by molar-refractivity contribution is 7.93. The van der Waals surface area contributed by atoms with Crippen LogP contribution in [0.4, 0.5) is 16.2 Å². The zero-order valence-electron chi connectivity index (χ0n) is 13.3. The minimum atomic E-state index is -3.26. The smallest absolute Gasteiger partial charge is 0.319 e. The number of anilines is 2. The highest BCUT2D eigenvalue weighted by atomic mass is 35.5. The van der Waals surface area contributed by atoms with Crippen LogP contribution >= 0.6 is 11.6 Å². The number of carbonyl (C=O) groups is 1. The number of nitrogens with zero attached hydrogens (tertiary/aromatic N) is 1. The molecule has 1 aliphatic heterocycles. The number of benzene rings is 1. The SMILES string of the molecule is CC(C)CCNC(=O)Nc1cc(N2CCCS2(=O)=O)ccc1Cl. The average molecular weight is 360 g/mol. The summed E-state index contributed by atoms with van der Waals surface area (Å²) in [5.41, 5.74) is 0.915. The summed E-state index contributed by atoms with van der Waals surface area (Å²) in [6, 6.07) is 4.48. The van der Waals surface area contributed by atoms with Crippen LogP contribution in [0.1, 0.15) is 26.7 Å². The van der Waals surface area contributed by atoms with E-state index < -0.39 is 10.0 Å². The summed E-state index contributed by atoms with van der Waals surface area (Å²) in [7, 11) is -3.26. The van der Waals surface area contributed by atoms with Gasteiger partial charge in [-0.05, 0) is 37.0 Å². The molecule has 0 aliphatic carbocycles. The van der Waals surface area contributed by atoms with Gasteiger partial charge in [-0.15, -0.1) is 0 Å². The number of urea groups is 1. The van der Waals surface area contributed by atoms with E-state index in [-0.39, 0.29) is 11.8 Å². The maximum atomic E-state index is 12.0. The number of rotatable bonds is 5. The monoisotopic (exact) mass is 359 g/mol. The summed E-state index contributed by atoms with van der Waals surface area (Å²) in [6.45, 7) is 5.18. The van der Waals surface area contributed by atoms with Crippen molar-refractivity contribution in [1.29, 1.82) is 0 Å². The molecule has 128 valence electrons. The lowest BCUT2D eigenvalue weighted by atomic mass is 10.1. The van der Waals surface area contributed by atoms with Crippen molar-refractivity contribution in [3.05, 3.63) is 23.2 Å². The number of amides is 2. The zero-order valence-corrected chi connectivity index (χ0v) is 14.9. The first-order valence-corrected chi connectivity index (χ1v) is 9.63. The van der Waals surface area contributed by atoms with Gasteiger partial charge in [0, 0.05) is 13.1 Å². The Morgan fingerprint density at radius 1 is 1.39 bits per heavy atom. The van der Waals surface area contributed by atoms with E-state index in [4.69, 9.17) is 11.6 Å². The zero-order chi connectivity index (χ0) is 17.0. The summed E-state index contributed by atoms with van der Waals surface area (Å²) < 4.78 is 25.3. The lowest BCUT2D eigenvalue weighted by Gasteiger charge is -2.18. The first-order chi connectivity index (χ1) is 10.8. The number of hydrogen-bond acceptors (Lipinski definition) is 3. The maximum absolute atomic E-state index is 12.0. The molecule has 1 aromatic rings. The van der Waals surface area contributed by atoms with E-state index in [2.05, 4.69) is 24.5 Å². The van der Waals surface area contributed by atoms with E-state index in [0.29, 0.717) is 41.8 Å². The summed E-state index contributed by atoms with van der Waals surface area (Å²) in [5, 5.41) is 5.79. The molecule has 2 rings (SSSR count). The van der Waals surface area contributed by atoms with Gasteiger partial charge in [-0.1, -0.05) is 25.4 Å². The fourth-order valence-corrected chi connectivity index (χ4v) is 4.06. The molecule has 0 unspecified atom stereocenters. The number of carbonyl (C=O) groups excluding carboxylic acids is 1. The van der Waals surface area contributed by atoms with Gasteiger partial charge in [0.15, 0.2) is 0 Å². The van der Waals surface area contributed by atoms with Crippen LogP contribution in [0, 0.1) is 5.92 Å². The van der Waals surface area contributed by atoms with Crippen LogP contribution in [0.15, 0.2) is 18.2 Å². The van der Waals surface area contributed by atoms with Crippen LogP contribution in [0.2, 0.25) is 5.02 Å². The second kappa shape index (κ2) is 7.40. The van der Waals surface area contributed by atoms with E-state index in [1.165, 1.54) is 4.31 Å². The maximum Gasteiger partial charge on any atom is 0.319 e. The molecule has 1 aliphatic rings. The van der Waals surface area contributed by atoms with Gasteiger partial charge in [0.25, 0.3) is 0 Å². The van der Waals surface area contributed by atoms with Gasteiger partial charge < -0.3 is 10.6 Å². The van der Waals surface area contributed by atoms with Gasteiger partial charge in [-0.25, -0.2) is 13.2 Å². The highest BCUT2D eigenvalue weighted by Gasteiger charge is 2.28. The van der Waals surface area contributed by atoms with Gasteiger partial charge >= 0.3 is 6.03 Å². The molecule has 2 amide bonds. The summed E-state index contributed by atoms with van der Waals surface area (Å²) in [5.74, 6) is 0.649. The average Bonchev–Trinajstić information content (AvgIpc) is 2.80. The lowest BCUT2D eigenvalue weighted by Crippen LogP contribution is -2.30. The summed E-state index contributed by atoms with van der Waals surface area (Å²) in [6.07, 6.45) is 1.48. The quantitative estimate of drug-likeness (QED) is 0.848. The van der Waals surface area contributed by atoms with Crippen LogP contribution < -0.4 is 14.9 Å². The first-order valence-electron chi connectivity index (χ1n) is 7.64. The fourth-order valence-electron chi connectivity index (χ4n) is 2.33. The van der Waals surface area contributed by atoms with Crippen molar-refractivity contribution in [3.63, 3.8) is 0 Å². The highest BCUT2D eigenvalue weighted by Crippen LogP contribution is 2.31. The Kier molecular flexibility index (Phi) is 5.75. The van der Waals surface area contributed by atoms with Gasteiger partial charge in [0.1, 0.15) is 0 Å². The molecule has 0 atom stereocenters. The van der Waals surface area contributed by atoms with E-state index in [1.54, 1.807) is 18.2 Å². The van der Waals surface area contributed by atoms with Crippen molar-refractivity contribution in [2.24, 2.45) is 5.92 Å². The number of halogens is 1. The second-order valence-electron chi connectivity index (χ2n) is 5.97. The predicted octanol–water partition coefficient (Wildman–Crippen LogP) is 3.05. The predicted molar refractivity (Wildman–Crippen MR) is 93.7 cm³/mol. The third-order valence-corrected chi connectivity index (χ3v) is 5.79. The Hall–Kier alpha value is -1.47. The molecular formula is C15H22ClN3O3S. The Morgan fingerprint density at radius 3 is 2.74 bits per heavy atom. The topological polar surface area (TPSA) is 78.5 Å². The van der Waals surface area contributed by atoms with Crippen LogP contribution in [0.5, 0.6) is 0 Å². The van der Waals surface area contributed by atoms with Gasteiger partial charge in [-0.2, -0.15) is 0 Å². The molecule has 6 nitrogen and oxygen atoms in total. The normalized spacial score (nSPS) is 16.6. The summed E-state index contributed by atoms with van der Waals surface area (Å²) in [4.78, 5) is 11.9. The molecule has 1 fully saturated rings. The molecular weight excluding hydrogens is 338 g/mol. The van der Waals surface area contributed by atoms with Gasteiger partial charge in [0.05, 0.1) is 22.2 Å². The molecule has 1 saturated heterocycles. The molecule has 0 aromatic heterocycles. The lowest BCUT2D eigenvalue weighted by molar-refractivity contribution is 0.251. The molecule has 23 heavy (non-hydrogen) atoms. The van der Waals surface area contributed by atoms with Crippen molar-refractivity contribution in [1.82, 2.24) is 5.32 Å².